The van der Waals surface area contributed by atoms with Gasteiger partial charge < -0.3 is 43.8 Å². The van der Waals surface area contributed by atoms with Gasteiger partial charge in [-0.2, -0.15) is 0 Å². The van der Waals surface area contributed by atoms with E-state index in [0.29, 0.717) is 55.8 Å². The van der Waals surface area contributed by atoms with Gasteiger partial charge in [0.2, 0.25) is 23.6 Å². The Labute approximate surface area is 286 Å². The average molecular weight is 689 g/mol. The van der Waals surface area contributed by atoms with Crippen LogP contribution in [0, 0.1) is 0 Å². The summed E-state index contributed by atoms with van der Waals surface area (Å²) in [6, 6.07) is 12.2. The number of carbonyl (C=O) groups excluding carboxylic acids is 6. The largest absolute Gasteiger partial charge is 0.347 e. The first kappa shape index (κ1) is 41.7. The molecule has 0 bridgehead atoms. The Morgan fingerprint density at radius 2 is 1.04 bits per heavy atom. The van der Waals surface area contributed by atoms with Crippen LogP contribution in [-0.2, 0) is 24.0 Å². The number of carbonyl (C=O) groups is 6. The third-order valence-electron chi connectivity index (χ3n) is 6.87. The minimum atomic E-state index is -0.985. The highest BCUT2D eigenvalue weighted by Gasteiger charge is 2.24. The van der Waals surface area contributed by atoms with Crippen molar-refractivity contribution in [2.75, 3.05) is 39.8 Å². The molecule has 11 N–H and O–H groups in total. The number of ketones is 1. The number of unbranched alkanes of at least 4 members (excludes halogenated alkanes) is 2. The monoisotopic (exact) mass is 688 g/mol. The summed E-state index contributed by atoms with van der Waals surface area (Å²) in [5.41, 5.74) is 17.8. The summed E-state index contributed by atoms with van der Waals surface area (Å²) in [5, 5.41) is 13.3. The minimum absolute atomic E-state index is 0.167. The number of rotatable bonds is 20. The third kappa shape index (κ3) is 16.5. The quantitative estimate of drug-likeness (QED) is 0.0895. The predicted molar refractivity (Wildman–Crippen MR) is 186 cm³/mol. The topological polar surface area (TPSA) is 241 Å². The molecule has 0 fully saturated rings. The molecule has 2 unspecified atom stereocenters. The van der Waals surface area contributed by atoms with Crippen molar-refractivity contribution in [2.45, 2.75) is 57.5 Å². The van der Waals surface area contributed by atoms with Gasteiger partial charge in [-0.05, 0) is 101 Å². The van der Waals surface area contributed by atoms with Gasteiger partial charge in [0.25, 0.3) is 5.91 Å². The number of benzene rings is 2. The Morgan fingerprint density at radius 1 is 0.625 bits per heavy atom. The zero-order chi connectivity index (χ0) is 35.9. The van der Waals surface area contributed by atoms with Crippen LogP contribution >= 0.6 is 11.6 Å². The molecule has 0 heterocycles. The maximum atomic E-state index is 13.0. The number of halogens is 1. The van der Waals surface area contributed by atoms with Crippen molar-refractivity contribution in [1.82, 2.24) is 26.6 Å². The Morgan fingerprint density at radius 3 is 1.48 bits per heavy atom. The van der Waals surface area contributed by atoms with Crippen molar-refractivity contribution in [3.05, 3.63) is 59.1 Å². The van der Waals surface area contributed by atoms with Crippen molar-refractivity contribution >= 4 is 46.9 Å². The van der Waals surface area contributed by atoms with Crippen molar-refractivity contribution in [1.29, 1.82) is 0 Å². The molecule has 0 spiro atoms. The van der Waals surface area contributed by atoms with E-state index in [4.69, 9.17) is 23.1 Å². The maximum Gasteiger partial charge on any atom is 0.251 e. The number of Topliss-reactive ketones (excluding diaryl/α,β-unsaturated/α-hetero) is 1. The molecule has 0 saturated heterocycles. The van der Waals surface area contributed by atoms with E-state index in [-0.39, 0.29) is 25.3 Å². The van der Waals surface area contributed by atoms with Crippen LogP contribution in [0.2, 0.25) is 5.02 Å². The first-order chi connectivity index (χ1) is 23.0. The van der Waals surface area contributed by atoms with Gasteiger partial charge in [0, 0.05) is 10.6 Å². The molecule has 2 aromatic carbocycles. The lowest BCUT2D eigenvalue weighted by Gasteiger charge is -2.20. The summed E-state index contributed by atoms with van der Waals surface area (Å²) in [4.78, 5) is 74.6. The zero-order valence-electron chi connectivity index (χ0n) is 27.6. The molecule has 48 heavy (non-hydrogen) atoms. The molecule has 0 aliphatic carbocycles. The van der Waals surface area contributed by atoms with Gasteiger partial charge in [0.15, 0.2) is 0 Å². The van der Waals surface area contributed by atoms with Crippen LogP contribution in [0.3, 0.4) is 0 Å². The summed E-state index contributed by atoms with van der Waals surface area (Å²) in [7, 11) is 1.50. The fraction of sp³-hybridized carbons (Fsp3) is 0.455. The maximum absolute atomic E-state index is 13.0. The Bertz CT molecular complexity index is 1320. The summed E-state index contributed by atoms with van der Waals surface area (Å²) in [6.07, 6.45) is 2.92. The van der Waals surface area contributed by atoms with Gasteiger partial charge in [-0.1, -0.05) is 35.9 Å². The van der Waals surface area contributed by atoms with E-state index >= 15 is 0 Å². The van der Waals surface area contributed by atoms with Crippen molar-refractivity contribution in [3.8, 4) is 11.1 Å². The molecule has 2 aromatic rings. The molecule has 0 radical (unpaired) electrons. The smallest absolute Gasteiger partial charge is 0.251 e. The van der Waals surface area contributed by atoms with E-state index in [0.717, 1.165) is 11.1 Å². The highest BCUT2D eigenvalue weighted by molar-refractivity contribution is 6.30. The first-order valence-corrected chi connectivity index (χ1v) is 16.2. The van der Waals surface area contributed by atoms with Crippen LogP contribution < -0.4 is 43.8 Å². The molecule has 0 aliphatic heterocycles. The molecule has 0 saturated carbocycles. The lowest BCUT2D eigenvalue weighted by Crippen LogP contribution is -2.53. The Hall–Kier alpha value is -4.37. The second-order valence-corrected chi connectivity index (χ2v) is 11.2. The predicted octanol–water partition coefficient (Wildman–Crippen LogP) is 0.361. The standard InChI is InChI=1S/C32H44ClN7O6.CH5N/c1-21(41)18-36-31(45)26(6-2-4-16-34)39-29(43)20-38-32(46)27(7-3-5-17-35)40-28(42)19-37-30(44)24-10-8-22(9-11-24)23-12-14-25(33)15-13-23;1-2/h8-15,26-27H,2-7,16-20,34-35H2,1H3,(H,36,45)(H,37,44)(H,38,46)(H,39,43)(H,40,42);2H2,1H3. The van der Waals surface area contributed by atoms with Gasteiger partial charge >= 0.3 is 0 Å². The van der Waals surface area contributed by atoms with Crippen molar-refractivity contribution < 1.29 is 28.8 Å². The van der Waals surface area contributed by atoms with E-state index in [1.165, 1.54) is 14.0 Å². The lowest BCUT2D eigenvalue weighted by molar-refractivity contribution is -0.132. The molecule has 14 nitrogen and oxygen atoms in total. The van der Waals surface area contributed by atoms with E-state index in [1.54, 1.807) is 36.4 Å². The fourth-order valence-corrected chi connectivity index (χ4v) is 4.48. The summed E-state index contributed by atoms with van der Waals surface area (Å²) < 4.78 is 0. The number of nitrogens with two attached hydrogens (primary N) is 3. The number of amides is 5. The van der Waals surface area contributed by atoms with Gasteiger partial charge in [0.05, 0.1) is 19.6 Å². The number of nitrogens with one attached hydrogen (secondary N) is 5. The molecule has 0 aromatic heterocycles. The summed E-state index contributed by atoms with van der Waals surface area (Å²) >= 11 is 5.94. The third-order valence-corrected chi connectivity index (χ3v) is 7.12. The Balaban J connectivity index is 0.00000565. The summed E-state index contributed by atoms with van der Waals surface area (Å²) in [5.74, 6) is -3.04. The molecule has 15 heteroatoms. The van der Waals surface area contributed by atoms with Crippen molar-refractivity contribution in [3.63, 3.8) is 0 Å². The number of hydrogen-bond donors (Lipinski definition) is 8. The van der Waals surface area contributed by atoms with E-state index in [1.807, 2.05) is 12.1 Å². The van der Waals surface area contributed by atoms with Crippen LogP contribution in [0.25, 0.3) is 11.1 Å². The molecule has 264 valence electrons. The summed E-state index contributed by atoms with van der Waals surface area (Å²) in [6.45, 7) is 1.16. The van der Waals surface area contributed by atoms with Crippen LogP contribution in [0.15, 0.2) is 48.5 Å². The van der Waals surface area contributed by atoms with Crippen molar-refractivity contribution in [2.24, 2.45) is 17.2 Å². The van der Waals surface area contributed by atoms with Gasteiger partial charge in [-0.3, -0.25) is 28.8 Å². The van der Waals surface area contributed by atoms with Crippen LogP contribution in [0.1, 0.15) is 55.8 Å². The van der Waals surface area contributed by atoms with E-state index in [9.17, 15) is 28.8 Å². The average Bonchev–Trinajstić information content (AvgIpc) is 3.09. The fourth-order valence-electron chi connectivity index (χ4n) is 4.36. The number of hydrogen-bond acceptors (Lipinski definition) is 9. The first-order valence-electron chi connectivity index (χ1n) is 15.8. The second-order valence-electron chi connectivity index (χ2n) is 10.7. The highest BCUT2D eigenvalue weighted by atomic mass is 35.5. The normalized spacial score (nSPS) is 11.5. The molecule has 0 aliphatic rings. The van der Waals surface area contributed by atoms with Crippen LogP contribution in [0.5, 0.6) is 0 Å². The second kappa shape index (κ2) is 23.9. The molecular weight excluding hydrogens is 640 g/mol. The van der Waals surface area contributed by atoms with Gasteiger partial charge in [-0.15, -0.1) is 0 Å². The highest BCUT2D eigenvalue weighted by Crippen LogP contribution is 2.21. The minimum Gasteiger partial charge on any atom is -0.347 e. The van der Waals surface area contributed by atoms with Gasteiger partial charge in [-0.25, -0.2) is 0 Å². The van der Waals surface area contributed by atoms with Crippen LogP contribution in [-0.4, -0.2) is 87.2 Å². The SMILES string of the molecule is CC(=O)CNC(=O)C(CCCCN)NC(=O)CNC(=O)C(CCCCN)NC(=O)CNC(=O)c1ccc(-c2ccc(Cl)cc2)cc1.CN. The lowest BCUT2D eigenvalue weighted by atomic mass is 10.0. The molecular formula is C33H49ClN8O6. The van der Waals surface area contributed by atoms with E-state index in [2.05, 4.69) is 32.3 Å². The molecule has 2 rings (SSSR count). The van der Waals surface area contributed by atoms with Gasteiger partial charge in [0.1, 0.15) is 17.9 Å². The zero-order valence-corrected chi connectivity index (χ0v) is 28.4. The van der Waals surface area contributed by atoms with E-state index < -0.39 is 48.2 Å². The molecule has 2 atom stereocenters. The molecule has 5 amide bonds. The Kier molecular flexibility index (Phi) is 20.7. The van der Waals surface area contributed by atoms with Crippen LogP contribution in [0.4, 0.5) is 0 Å².